The normalized spacial score (nSPS) is 16.8. The molecule has 1 aliphatic heterocycles. The Morgan fingerprint density at radius 2 is 1.71 bits per heavy atom. The van der Waals surface area contributed by atoms with Crippen molar-refractivity contribution >= 4 is 17.5 Å². The molecule has 8 nitrogen and oxygen atoms in total. The van der Waals surface area contributed by atoms with Crippen LogP contribution in [0.5, 0.6) is 11.5 Å². The lowest BCUT2D eigenvalue weighted by atomic mass is 9.96. The number of carbonyl (C=O) groups excluding carboxylic acids is 2. The molecule has 194 valence electrons. The second kappa shape index (κ2) is 11.3. The van der Waals surface area contributed by atoms with E-state index in [2.05, 4.69) is 15.4 Å². The van der Waals surface area contributed by atoms with Crippen LogP contribution in [0, 0.1) is 17.6 Å². The van der Waals surface area contributed by atoms with Crippen molar-refractivity contribution in [2.75, 3.05) is 11.4 Å². The first-order chi connectivity index (χ1) is 18.5. The topological polar surface area (TPSA) is 89.4 Å². The number of carbonyl (C=O) groups is 2. The molecule has 2 atom stereocenters. The number of imide groups is 1. The number of nitrogens with one attached hydrogen (secondary N) is 1. The van der Waals surface area contributed by atoms with Crippen molar-refractivity contribution in [3.8, 4) is 11.5 Å². The van der Waals surface area contributed by atoms with Gasteiger partial charge in [0, 0.05) is 0 Å². The molecule has 10 heteroatoms. The Hall–Kier alpha value is -4.44. The van der Waals surface area contributed by atoms with Crippen molar-refractivity contribution in [2.45, 2.75) is 25.4 Å². The fraction of sp³-hybridized carbons (Fsp3) is 0.214. The van der Waals surface area contributed by atoms with Crippen LogP contribution in [-0.4, -0.2) is 39.2 Å². The molecule has 3 aromatic carbocycles. The van der Waals surface area contributed by atoms with Crippen LogP contribution < -0.4 is 15.0 Å². The van der Waals surface area contributed by atoms with Gasteiger partial charge >= 0.3 is 0 Å². The highest BCUT2D eigenvalue weighted by molar-refractivity contribution is 6.16. The van der Waals surface area contributed by atoms with Crippen molar-refractivity contribution in [2.24, 2.45) is 5.92 Å². The summed E-state index contributed by atoms with van der Waals surface area (Å²) in [6.45, 7) is 0.352. The smallest absolute Gasteiger partial charge is 0.255 e. The number of hydrogen-bond donors (Lipinski definition) is 1. The van der Waals surface area contributed by atoms with E-state index in [-0.39, 0.29) is 24.1 Å². The molecule has 4 aromatic rings. The van der Waals surface area contributed by atoms with Crippen molar-refractivity contribution < 1.29 is 23.1 Å². The second-order valence-electron chi connectivity index (χ2n) is 9.07. The molecule has 0 unspecified atom stereocenters. The standard InChI is InChI=1S/C28H25F2N5O3/c29-21-5-9-23(10-6-21)38-24-11-7-22(8-12-24)35(27(36)16-34-18-31-17-33-34)28(37)26-14-19(15-32-26)13-20-3-1-2-4-25(20)30/h1-12,17-19,26,32H,13-16H2/t19-,26+/m1/s1. The third-order valence-electron chi connectivity index (χ3n) is 6.36. The summed E-state index contributed by atoms with van der Waals surface area (Å²) in [4.78, 5) is 31.9. The van der Waals surface area contributed by atoms with Crippen LogP contribution in [0.25, 0.3) is 0 Å². The third kappa shape index (κ3) is 5.92. The zero-order valence-electron chi connectivity index (χ0n) is 20.3. The monoisotopic (exact) mass is 517 g/mol. The van der Waals surface area contributed by atoms with Crippen molar-refractivity contribution in [3.63, 3.8) is 0 Å². The van der Waals surface area contributed by atoms with Gasteiger partial charge in [0.15, 0.2) is 0 Å². The summed E-state index contributed by atoms with van der Waals surface area (Å²) < 4.78 is 34.4. The maximum Gasteiger partial charge on any atom is 0.255 e. The van der Waals surface area contributed by atoms with E-state index in [0.29, 0.717) is 42.1 Å². The molecular formula is C28H25F2N5O3. The molecule has 0 radical (unpaired) electrons. The average molecular weight is 518 g/mol. The predicted molar refractivity (Wildman–Crippen MR) is 135 cm³/mol. The quantitative estimate of drug-likeness (QED) is 0.378. The number of hydrogen-bond acceptors (Lipinski definition) is 6. The second-order valence-corrected chi connectivity index (χ2v) is 9.07. The Bertz CT molecular complexity index is 1400. The number of nitrogens with zero attached hydrogens (tertiary/aromatic N) is 4. The van der Waals surface area contributed by atoms with E-state index < -0.39 is 17.9 Å². The van der Waals surface area contributed by atoms with Gasteiger partial charge in [0.25, 0.3) is 11.8 Å². The van der Waals surface area contributed by atoms with Crippen molar-refractivity contribution in [1.29, 1.82) is 0 Å². The largest absolute Gasteiger partial charge is 0.457 e. The lowest BCUT2D eigenvalue weighted by Crippen LogP contribution is -2.48. The molecule has 1 saturated heterocycles. The minimum atomic E-state index is -0.610. The molecular weight excluding hydrogens is 492 g/mol. The zero-order valence-corrected chi connectivity index (χ0v) is 20.3. The van der Waals surface area contributed by atoms with Gasteiger partial charge in [0.2, 0.25) is 0 Å². The van der Waals surface area contributed by atoms with Gasteiger partial charge < -0.3 is 10.1 Å². The molecule has 0 spiro atoms. The Balaban J connectivity index is 1.33. The molecule has 1 N–H and O–H groups in total. The van der Waals surface area contributed by atoms with Crippen LogP contribution in [0.2, 0.25) is 0 Å². The summed E-state index contributed by atoms with van der Waals surface area (Å²) in [5.41, 5.74) is 0.967. The van der Waals surface area contributed by atoms with Crippen LogP contribution in [-0.2, 0) is 22.6 Å². The van der Waals surface area contributed by atoms with E-state index >= 15 is 0 Å². The van der Waals surface area contributed by atoms with Gasteiger partial charge in [-0.3, -0.25) is 9.59 Å². The van der Waals surface area contributed by atoms with E-state index in [9.17, 15) is 18.4 Å². The molecule has 0 saturated carbocycles. The van der Waals surface area contributed by atoms with E-state index in [1.807, 2.05) is 0 Å². The lowest BCUT2D eigenvalue weighted by molar-refractivity contribution is -0.128. The highest BCUT2D eigenvalue weighted by Crippen LogP contribution is 2.27. The first kappa shape index (κ1) is 25.2. The highest BCUT2D eigenvalue weighted by Gasteiger charge is 2.36. The van der Waals surface area contributed by atoms with E-state index in [4.69, 9.17) is 4.74 Å². The Morgan fingerprint density at radius 3 is 2.39 bits per heavy atom. The minimum absolute atomic E-state index is 0.0413. The summed E-state index contributed by atoms with van der Waals surface area (Å²) in [5.74, 6) is -0.574. The fourth-order valence-corrected chi connectivity index (χ4v) is 4.50. The number of aromatic nitrogens is 3. The summed E-state index contributed by atoms with van der Waals surface area (Å²) in [7, 11) is 0. The third-order valence-corrected chi connectivity index (χ3v) is 6.36. The van der Waals surface area contributed by atoms with E-state index in [0.717, 1.165) is 4.90 Å². The SMILES string of the molecule is O=C(Cn1cncn1)N(C(=O)[C@@H]1C[C@@H](Cc2ccccc2F)CN1)c1ccc(Oc2ccc(F)cc2)cc1. The number of amides is 2. The number of benzene rings is 3. The maximum absolute atomic E-state index is 14.1. The number of rotatable bonds is 8. The molecule has 0 aliphatic carbocycles. The first-order valence-corrected chi connectivity index (χ1v) is 12.2. The van der Waals surface area contributed by atoms with Crippen LogP contribution in [0.1, 0.15) is 12.0 Å². The Labute approximate surface area is 217 Å². The van der Waals surface area contributed by atoms with Gasteiger partial charge in [-0.1, -0.05) is 18.2 Å². The number of halogens is 2. The number of anilines is 1. The molecule has 1 fully saturated rings. The molecule has 1 aliphatic rings. The van der Waals surface area contributed by atoms with Gasteiger partial charge in [0.05, 0.1) is 11.7 Å². The van der Waals surface area contributed by atoms with Crippen LogP contribution in [0.15, 0.2) is 85.5 Å². The van der Waals surface area contributed by atoms with Crippen LogP contribution in [0.4, 0.5) is 14.5 Å². The predicted octanol–water partition coefficient (Wildman–Crippen LogP) is 4.13. The number of ether oxygens (including phenoxy) is 1. The van der Waals surface area contributed by atoms with E-state index in [1.165, 1.54) is 47.7 Å². The average Bonchev–Trinajstić information content (AvgIpc) is 3.60. The maximum atomic E-state index is 14.1. The van der Waals surface area contributed by atoms with Crippen LogP contribution in [0.3, 0.4) is 0 Å². The molecule has 38 heavy (non-hydrogen) atoms. The first-order valence-electron chi connectivity index (χ1n) is 12.2. The van der Waals surface area contributed by atoms with Gasteiger partial charge in [-0.15, -0.1) is 0 Å². The molecule has 1 aromatic heterocycles. The minimum Gasteiger partial charge on any atom is -0.457 e. The lowest BCUT2D eigenvalue weighted by Gasteiger charge is -2.24. The molecule has 2 heterocycles. The Morgan fingerprint density at radius 1 is 1.00 bits per heavy atom. The van der Waals surface area contributed by atoms with Gasteiger partial charge in [-0.05, 0) is 85.5 Å². The van der Waals surface area contributed by atoms with Gasteiger partial charge in [-0.2, -0.15) is 5.10 Å². The van der Waals surface area contributed by atoms with Crippen molar-refractivity contribution in [3.05, 3.63) is 103 Å². The summed E-state index contributed by atoms with van der Waals surface area (Å²) in [6, 6.07) is 18.1. The highest BCUT2D eigenvalue weighted by atomic mass is 19.1. The van der Waals surface area contributed by atoms with Crippen molar-refractivity contribution in [1.82, 2.24) is 20.1 Å². The summed E-state index contributed by atoms with van der Waals surface area (Å²) >= 11 is 0. The fourth-order valence-electron chi connectivity index (χ4n) is 4.50. The Kier molecular flexibility index (Phi) is 7.50. The molecule has 0 bridgehead atoms. The van der Waals surface area contributed by atoms with E-state index in [1.54, 1.807) is 42.5 Å². The summed E-state index contributed by atoms with van der Waals surface area (Å²) in [6.07, 6.45) is 3.67. The van der Waals surface area contributed by atoms with Crippen LogP contribution >= 0.6 is 0 Å². The van der Waals surface area contributed by atoms with Gasteiger partial charge in [0.1, 0.15) is 42.3 Å². The molecule has 5 rings (SSSR count). The zero-order chi connectivity index (χ0) is 26.5. The molecule has 2 amide bonds. The van der Waals surface area contributed by atoms with Gasteiger partial charge in [-0.25, -0.2) is 23.3 Å². The summed E-state index contributed by atoms with van der Waals surface area (Å²) in [5, 5.41) is 7.18.